The molecule has 8 heteroatoms. The number of aromatic nitrogens is 1. The van der Waals surface area contributed by atoms with Gasteiger partial charge < -0.3 is 9.84 Å². The van der Waals surface area contributed by atoms with Crippen molar-refractivity contribution >= 4 is 17.6 Å². The largest absolute Gasteiger partial charge is 0.478 e. The van der Waals surface area contributed by atoms with Crippen LogP contribution < -0.4 is 4.74 Å². The van der Waals surface area contributed by atoms with Gasteiger partial charge in [-0.3, -0.25) is 4.98 Å². The van der Waals surface area contributed by atoms with Crippen LogP contribution in [0.4, 0.5) is 13.2 Å². The first-order valence-corrected chi connectivity index (χ1v) is 5.88. The van der Waals surface area contributed by atoms with E-state index in [1.54, 1.807) is 0 Å². The van der Waals surface area contributed by atoms with Crippen molar-refractivity contribution in [3.05, 3.63) is 52.8 Å². The topological polar surface area (TPSA) is 59.4 Å². The maximum absolute atomic E-state index is 12.6. The minimum atomic E-state index is -4.64. The fourth-order valence-corrected chi connectivity index (χ4v) is 1.70. The number of carboxylic acids is 1. The molecule has 2 aromatic rings. The van der Waals surface area contributed by atoms with E-state index in [1.165, 1.54) is 18.5 Å². The van der Waals surface area contributed by atoms with Gasteiger partial charge in [0, 0.05) is 12.3 Å². The summed E-state index contributed by atoms with van der Waals surface area (Å²) in [6.07, 6.45) is -2.05. The number of alkyl halides is 3. The average Bonchev–Trinajstić information content (AvgIpc) is 2.37. The van der Waals surface area contributed by atoms with E-state index in [-0.39, 0.29) is 16.5 Å². The lowest BCUT2D eigenvalue weighted by atomic mass is 10.1. The first-order valence-electron chi connectivity index (χ1n) is 5.50. The van der Waals surface area contributed by atoms with Crippen LogP contribution in [0.15, 0.2) is 36.7 Å². The van der Waals surface area contributed by atoms with Crippen molar-refractivity contribution in [2.75, 3.05) is 0 Å². The average molecular weight is 318 g/mol. The van der Waals surface area contributed by atoms with Crippen LogP contribution in [0.1, 0.15) is 15.9 Å². The minimum absolute atomic E-state index is 0.116. The molecule has 0 unspecified atom stereocenters. The lowest BCUT2D eigenvalue weighted by Gasteiger charge is -2.12. The summed E-state index contributed by atoms with van der Waals surface area (Å²) in [5.74, 6) is -1.66. The van der Waals surface area contributed by atoms with Crippen LogP contribution >= 0.6 is 11.6 Å². The zero-order chi connectivity index (χ0) is 15.6. The third kappa shape index (κ3) is 3.63. The van der Waals surface area contributed by atoms with E-state index in [4.69, 9.17) is 21.4 Å². The van der Waals surface area contributed by atoms with Crippen LogP contribution in [0, 0.1) is 0 Å². The van der Waals surface area contributed by atoms with Gasteiger partial charge in [-0.2, -0.15) is 13.2 Å². The third-order valence-electron chi connectivity index (χ3n) is 2.44. The second-order valence-electron chi connectivity index (χ2n) is 3.95. The number of halogens is 4. The van der Waals surface area contributed by atoms with Crippen LogP contribution in [-0.4, -0.2) is 16.1 Å². The van der Waals surface area contributed by atoms with E-state index >= 15 is 0 Å². The molecular weight excluding hydrogens is 311 g/mol. The molecule has 0 radical (unpaired) electrons. The summed E-state index contributed by atoms with van der Waals surface area (Å²) < 4.78 is 43.0. The van der Waals surface area contributed by atoms with Gasteiger partial charge in [0.25, 0.3) is 0 Å². The fraction of sp³-hybridized carbons (Fsp3) is 0.0769. The quantitative estimate of drug-likeness (QED) is 0.919. The molecule has 0 aliphatic rings. The molecule has 1 aromatic heterocycles. The number of rotatable bonds is 3. The molecule has 1 N–H and O–H groups in total. The normalized spacial score (nSPS) is 11.2. The van der Waals surface area contributed by atoms with Crippen molar-refractivity contribution in [3.8, 4) is 11.5 Å². The van der Waals surface area contributed by atoms with Gasteiger partial charge in [-0.05, 0) is 18.2 Å². The first-order chi connectivity index (χ1) is 9.77. The zero-order valence-electron chi connectivity index (χ0n) is 10.2. The Morgan fingerprint density at radius 2 is 1.95 bits per heavy atom. The smallest absolute Gasteiger partial charge is 0.416 e. The number of carboxylic acid groups (broad SMARTS) is 1. The van der Waals surface area contributed by atoms with Crippen LogP contribution in [0.2, 0.25) is 5.02 Å². The van der Waals surface area contributed by atoms with Gasteiger partial charge in [-0.25, -0.2) is 4.79 Å². The summed E-state index contributed by atoms with van der Waals surface area (Å²) in [6, 6.07) is 3.54. The Labute approximate surface area is 121 Å². The Hall–Kier alpha value is -2.28. The van der Waals surface area contributed by atoms with E-state index in [0.29, 0.717) is 6.07 Å². The Kier molecular flexibility index (Phi) is 4.04. The molecule has 0 saturated carbocycles. The lowest BCUT2D eigenvalue weighted by molar-refractivity contribution is -0.137. The molecule has 0 aliphatic carbocycles. The van der Waals surface area contributed by atoms with Gasteiger partial charge in [-0.1, -0.05) is 11.6 Å². The first kappa shape index (κ1) is 15.1. The van der Waals surface area contributed by atoms with Gasteiger partial charge in [0.2, 0.25) is 0 Å². The monoisotopic (exact) mass is 317 g/mol. The van der Waals surface area contributed by atoms with Crippen LogP contribution in [0.5, 0.6) is 11.5 Å². The lowest BCUT2D eigenvalue weighted by Crippen LogP contribution is -2.08. The van der Waals surface area contributed by atoms with Gasteiger partial charge in [-0.15, -0.1) is 0 Å². The molecule has 1 heterocycles. The molecular formula is C13H7ClF3NO3. The highest BCUT2D eigenvalue weighted by atomic mass is 35.5. The zero-order valence-corrected chi connectivity index (χ0v) is 10.9. The standard InChI is InChI=1S/C13H7ClF3NO3/c14-8-4-9(6-18-5-8)21-11-2-1-7(13(15,16)17)3-10(11)12(19)20/h1-6H,(H,19,20). The van der Waals surface area contributed by atoms with Crippen molar-refractivity contribution in [2.45, 2.75) is 6.18 Å². The van der Waals surface area contributed by atoms with Crippen molar-refractivity contribution in [3.63, 3.8) is 0 Å². The summed E-state index contributed by atoms with van der Waals surface area (Å²) in [5.41, 5.74) is -1.68. The predicted octanol–water partition coefficient (Wildman–Crippen LogP) is 4.24. The molecule has 1 aromatic carbocycles. The number of aromatic carboxylic acids is 1. The molecule has 0 fully saturated rings. The number of nitrogens with zero attached hydrogens (tertiary/aromatic N) is 1. The molecule has 110 valence electrons. The number of ether oxygens (including phenoxy) is 1. The van der Waals surface area contributed by atoms with Crippen LogP contribution in [-0.2, 0) is 6.18 Å². The summed E-state index contributed by atoms with van der Waals surface area (Å²) in [4.78, 5) is 14.8. The number of hydrogen-bond donors (Lipinski definition) is 1. The molecule has 21 heavy (non-hydrogen) atoms. The Morgan fingerprint density at radius 1 is 1.24 bits per heavy atom. The molecule has 0 amide bonds. The van der Waals surface area contributed by atoms with E-state index in [2.05, 4.69) is 4.98 Å². The minimum Gasteiger partial charge on any atom is -0.478 e. The highest BCUT2D eigenvalue weighted by Gasteiger charge is 2.32. The van der Waals surface area contributed by atoms with Crippen LogP contribution in [0.3, 0.4) is 0 Å². The molecule has 0 bridgehead atoms. The maximum atomic E-state index is 12.6. The Balaban J connectivity index is 2.42. The van der Waals surface area contributed by atoms with E-state index in [1.807, 2.05) is 0 Å². The number of hydrogen-bond acceptors (Lipinski definition) is 3. The number of pyridine rings is 1. The SMILES string of the molecule is O=C(O)c1cc(C(F)(F)F)ccc1Oc1cncc(Cl)c1. The number of benzene rings is 1. The Bertz CT molecular complexity index is 689. The highest BCUT2D eigenvalue weighted by molar-refractivity contribution is 6.30. The van der Waals surface area contributed by atoms with E-state index in [9.17, 15) is 18.0 Å². The van der Waals surface area contributed by atoms with Crippen molar-refractivity contribution in [2.24, 2.45) is 0 Å². The molecule has 0 spiro atoms. The predicted molar refractivity (Wildman–Crippen MR) is 67.7 cm³/mol. The van der Waals surface area contributed by atoms with Crippen molar-refractivity contribution in [1.29, 1.82) is 0 Å². The van der Waals surface area contributed by atoms with Gasteiger partial charge >= 0.3 is 12.1 Å². The Morgan fingerprint density at radius 3 is 2.52 bits per heavy atom. The molecule has 2 rings (SSSR count). The molecule has 0 aliphatic heterocycles. The van der Waals surface area contributed by atoms with E-state index in [0.717, 1.165) is 12.1 Å². The van der Waals surface area contributed by atoms with Crippen LogP contribution in [0.25, 0.3) is 0 Å². The van der Waals surface area contributed by atoms with Gasteiger partial charge in [0.1, 0.15) is 17.1 Å². The van der Waals surface area contributed by atoms with Gasteiger partial charge in [0.05, 0.1) is 16.8 Å². The second kappa shape index (κ2) is 5.61. The molecule has 0 atom stereocenters. The molecule has 0 saturated heterocycles. The molecule has 4 nitrogen and oxygen atoms in total. The van der Waals surface area contributed by atoms with Gasteiger partial charge in [0.15, 0.2) is 0 Å². The maximum Gasteiger partial charge on any atom is 0.416 e. The number of carbonyl (C=O) groups is 1. The van der Waals surface area contributed by atoms with Crippen molar-refractivity contribution in [1.82, 2.24) is 4.98 Å². The third-order valence-corrected chi connectivity index (χ3v) is 2.65. The van der Waals surface area contributed by atoms with E-state index < -0.39 is 23.3 Å². The summed E-state index contributed by atoms with van der Waals surface area (Å²) in [7, 11) is 0. The highest BCUT2D eigenvalue weighted by Crippen LogP contribution is 2.34. The summed E-state index contributed by atoms with van der Waals surface area (Å²) in [6.45, 7) is 0. The van der Waals surface area contributed by atoms with Crippen molar-refractivity contribution < 1.29 is 27.8 Å². The fourth-order valence-electron chi connectivity index (χ4n) is 1.54. The summed E-state index contributed by atoms with van der Waals surface area (Å²) >= 11 is 5.69. The second-order valence-corrected chi connectivity index (χ2v) is 4.39. The summed E-state index contributed by atoms with van der Waals surface area (Å²) in [5, 5.41) is 9.25.